The van der Waals surface area contributed by atoms with Crippen molar-refractivity contribution in [3.8, 4) is 5.75 Å². The summed E-state index contributed by atoms with van der Waals surface area (Å²) in [5.41, 5.74) is 1.48. The molecule has 0 heterocycles. The van der Waals surface area contributed by atoms with Gasteiger partial charge in [-0.2, -0.15) is 0 Å². The first-order valence-electron chi connectivity index (χ1n) is 6.01. The highest BCUT2D eigenvalue weighted by molar-refractivity contribution is 9.10. The first kappa shape index (κ1) is 14.4. The monoisotopic (exact) mass is 335 g/mol. The Bertz CT molecular complexity index is 587. The van der Waals surface area contributed by atoms with E-state index < -0.39 is 6.09 Å². The molecule has 0 saturated heterocycles. The van der Waals surface area contributed by atoms with Crippen LogP contribution in [0.1, 0.15) is 5.56 Å². The van der Waals surface area contributed by atoms with Gasteiger partial charge < -0.3 is 9.47 Å². The summed E-state index contributed by atoms with van der Waals surface area (Å²) in [5, 5.41) is 2.67. The zero-order chi connectivity index (χ0) is 14.4. The van der Waals surface area contributed by atoms with Gasteiger partial charge >= 0.3 is 6.09 Å². The van der Waals surface area contributed by atoms with Crippen molar-refractivity contribution in [2.45, 2.75) is 6.61 Å². The van der Waals surface area contributed by atoms with Crippen LogP contribution in [0, 0.1) is 0 Å². The van der Waals surface area contributed by atoms with Crippen LogP contribution in [0.2, 0.25) is 0 Å². The van der Waals surface area contributed by atoms with Crippen molar-refractivity contribution >= 4 is 27.7 Å². The SMILES string of the molecule is COc1cccc(Br)c1NC(=O)OCc1ccccc1. The minimum atomic E-state index is -0.529. The van der Waals surface area contributed by atoms with Crippen LogP contribution in [0.15, 0.2) is 53.0 Å². The number of carbonyl (C=O) groups is 1. The molecule has 0 fully saturated rings. The summed E-state index contributed by atoms with van der Waals surface area (Å²) in [6, 6.07) is 14.9. The summed E-state index contributed by atoms with van der Waals surface area (Å²) in [7, 11) is 1.54. The number of hydrogen-bond acceptors (Lipinski definition) is 3. The Morgan fingerprint density at radius 3 is 2.60 bits per heavy atom. The van der Waals surface area contributed by atoms with Crippen molar-refractivity contribution in [1.29, 1.82) is 0 Å². The van der Waals surface area contributed by atoms with E-state index >= 15 is 0 Å². The lowest BCUT2D eigenvalue weighted by atomic mass is 10.2. The summed E-state index contributed by atoms with van der Waals surface area (Å²) in [6.07, 6.45) is -0.529. The molecular weight excluding hydrogens is 322 g/mol. The van der Waals surface area contributed by atoms with Gasteiger partial charge in [0.1, 0.15) is 18.0 Å². The first-order chi connectivity index (χ1) is 9.70. The van der Waals surface area contributed by atoms with Crippen LogP contribution in [0.5, 0.6) is 5.75 Å². The van der Waals surface area contributed by atoms with Gasteiger partial charge in [0.15, 0.2) is 0 Å². The van der Waals surface area contributed by atoms with Crippen LogP contribution < -0.4 is 10.1 Å². The van der Waals surface area contributed by atoms with Crippen LogP contribution in [0.25, 0.3) is 0 Å². The number of methoxy groups -OCH3 is 1. The van der Waals surface area contributed by atoms with Crippen molar-refractivity contribution in [1.82, 2.24) is 0 Å². The van der Waals surface area contributed by atoms with E-state index in [-0.39, 0.29) is 6.61 Å². The lowest BCUT2D eigenvalue weighted by molar-refractivity contribution is 0.155. The number of nitrogens with one attached hydrogen (secondary N) is 1. The third-order valence-corrected chi connectivity index (χ3v) is 3.30. The normalized spacial score (nSPS) is 9.90. The fourth-order valence-corrected chi connectivity index (χ4v) is 2.10. The second-order valence-corrected chi connectivity index (χ2v) is 4.86. The molecule has 0 radical (unpaired) electrons. The van der Waals surface area contributed by atoms with Crippen molar-refractivity contribution in [3.63, 3.8) is 0 Å². The molecular formula is C15H14BrNO3. The van der Waals surface area contributed by atoms with Gasteiger partial charge in [0.05, 0.1) is 7.11 Å². The van der Waals surface area contributed by atoms with E-state index in [1.54, 1.807) is 13.2 Å². The standard InChI is InChI=1S/C15H14BrNO3/c1-19-13-9-5-8-12(16)14(13)17-15(18)20-10-11-6-3-2-4-7-11/h2-9H,10H2,1H3,(H,17,18). The Kier molecular flexibility index (Phi) is 5.01. The molecule has 2 rings (SSSR count). The van der Waals surface area contributed by atoms with E-state index in [1.807, 2.05) is 42.5 Å². The minimum absolute atomic E-state index is 0.222. The van der Waals surface area contributed by atoms with Crippen molar-refractivity contribution in [3.05, 3.63) is 58.6 Å². The highest BCUT2D eigenvalue weighted by Crippen LogP contribution is 2.32. The Morgan fingerprint density at radius 2 is 1.90 bits per heavy atom. The Morgan fingerprint density at radius 1 is 1.15 bits per heavy atom. The van der Waals surface area contributed by atoms with Crippen molar-refractivity contribution < 1.29 is 14.3 Å². The number of ether oxygens (including phenoxy) is 2. The molecule has 20 heavy (non-hydrogen) atoms. The Labute approximate surface area is 125 Å². The molecule has 0 saturated carbocycles. The van der Waals surface area contributed by atoms with Gasteiger partial charge in [0.25, 0.3) is 0 Å². The number of hydrogen-bond donors (Lipinski definition) is 1. The molecule has 2 aromatic rings. The number of amides is 1. The van der Waals surface area contributed by atoms with Crippen LogP contribution in [0.3, 0.4) is 0 Å². The largest absolute Gasteiger partial charge is 0.495 e. The molecule has 5 heteroatoms. The molecule has 0 aliphatic heterocycles. The zero-order valence-corrected chi connectivity index (χ0v) is 12.5. The maximum Gasteiger partial charge on any atom is 0.412 e. The fraction of sp³-hybridized carbons (Fsp3) is 0.133. The average molecular weight is 336 g/mol. The molecule has 0 bridgehead atoms. The molecule has 1 amide bonds. The Balaban J connectivity index is 1.98. The third-order valence-electron chi connectivity index (χ3n) is 2.64. The van der Waals surface area contributed by atoms with Gasteiger partial charge in [-0.3, -0.25) is 5.32 Å². The van der Waals surface area contributed by atoms with E-state index in [2.05, 4.69) is 21.2 Å². The average Bonchev–Trinajstić information content (AvgIpc) is 2.48. The summed E-state index contributed by atoms with van der Waals surface area (Å²) >= 11 is 3.36. The summed E-state index contributed by atoms with van der Waals surface area (Å²) < 4.78 is 11.1. The van der Waals surface area contributed by atoms with E-state index in [0.717, 1.165) is 10.0 Å². The van der Waals surface area contributed by atoms with Crippen molar-refractivity contribution in [2.75, 3.05) is 12.4 Å². The topological polar surface area (TPSA) is 47.6 Å². The molecule has 104 valence electrons. The molecule has 4 nitrogen and oxygen atoms in total. The summed E-state index contributed by atoms with van der Waals surface area (Å²) in [4.78, 5) is 11.8. The van der Waals surface area contributed by atoms with Gasteiger partial charge in [0.2, 0.25) is 0 Å². The predicted molar refractivity (Wildman–Crippen MR) is 80.9 cm³/mol. The maximum absolute atomic E-state index is 11.8. The number of rotatable bonds is 4. The zero-order valence-electron chi connectivity index (χ0n) is 10.9. The smallest absolute Gasteiger partial charge is 0.412 e. The second-order valence-electron chi connectivity index (χ2n) is 4.00. The van der Waals surface area contributed by atoms with Gasteiger partial charge in [-0.25, -0.2) is 4.79 Å². The van der Waals surface area contributed by atoms with Crippen LogP contribution in [-0.2, 0) is 11.3 Å². The van der Waals surface area contributed by atoms with E-state index in [9.17, 15) is 4.79 Å². The summed E-state index contributed by atoms with van der Waals surface area (Å²) in [6.45, 7) is 0.222. The molecule has 2 aromatic carbocycles. The minimum Gasteiger partial charge on any atom is -0.495 e. The van der Waals surface area contributed by atoms with Crippen LogP contribution >= 0.6 is 15.9 Å². The van der Waals surface area contributed by atoms with E-state index in [0.29, 0.717) is 11.4 Å². The first-order valence-corrected chi connectivity index (χ1v) is 6.80. The molecule has 0 aromatic heterocycles. The van der Waals surface area contributed by atoms with Gasteiger partial charge in [-0.15, -0.1) is 0 Å². The Hall–Kier alpha value is -2.01. The number of para-hydroxylation sites is 1. The molecule has 1 N–H and O–H groups in total. The lowest BCUT2D eigenvalue weighted by Gasteiger charge is -2.12. The molecule has 0 aliphatic rings. The predicted octanol–water partition coefficient (Wildman–Crippen LogP) is 4.21. The maximum atomic E-state index is 11.8. The molecule has 0 unspecified atom stereocenters. The van der Waals surface area contributed by atoms with Gasteiger partial charge in [0, 0.05) is 4.47 Å². The van der Waals surface area contributed by atoms with E-state index in [1.165, 1.54) is 0 Å². The van der Waals surface area contributed by atoms with E-state index in [4.69, 9.17) is 9.47 Å². The molecule has 0 aliphatic carbocycles. The van der Waals surface area contributed by atoms with Gasteiger partial charge in [-0.05, 0) is 33.6 Å². The number of carbonyl (C=O) groups excluding carboxylic acids is 1. The van der Waals surface area contributed by atoms with Crippen LogP contribution in [0.4, 0.5) is 10.5 Å². The molecule has 0 spiro atoms. The number of halogens is 1. The highest BCUT2D eigenvalue weighted by atomic mass is 79.9. The second kappa shape index (κ2) is 6.96. The van der Waals surface area contributed by atoms with Crippen LogP contribution in [-0.4, -0.2) is 13.2 Å². The molecule has 0 atom stereocenters. The van der Waals surface area contributed by atoms with Gasteiger partial charge in [-0.1, -0.05) is 36.4 Å². The highest BCUT2D eigenvalue weighted by Gasteiger charge is 2.11. The third kappa shape index (κ3) is 3.74. The quantitative estimate of drug-likeness (QED) is 0.910. The fourth-order valence-electron chi connectivity index (χ4n) is 1.66. The lowest BCUT2D eigenvalue weighted by Crippen LogP contribution is -2.14. The van der Waals surface area contributed by atoms with Crippen molar-refractivity contribution in [2.24, 2.45) is 0 Å². The number of benzene rings is 2. The number of anilines is 1. The summed E-state index contributed by atoms with van der Waals surface area (Å²) in [5.74, 6) is 0.566.